The molecule has 7 nitrogen and oxygen atoms in total. The molecule has 1 aliphatic rings. The van der Waals surface area contributed by atoms with Crippen LogP contribution in [-0.4, -0.2) is 40.1 Å². The molecule has 134 valence electrons. The van der Waals surface area contributed by atoms with Gasteiger partial charge >= 0.3 is 6.09 Å². The van der Waals surface area contributed by atoms with Crippen molar-refractivity contribution in [1.82, 2.24) is 9.88 Å². The number of rotatable bonds is 4. The highest BCUT2D eigenvalue weighted by Crippen LogP contribution is 2.24. The van der Waals surface area contributed by atoms with Crippen LogP contribution in [0.15, 0.2) is 30.3 Å². The van der Waals surface area contributed by atoms with Gasteiger partial charge in [0.15, 0.2) is 0 Å². The van der Waals surface area contributed by atoms with Crippen LogP contribution in [0.25, 0.3) is 10.9 Å². The molecule has 3 rings (SSSR count). The largest absolute Gasteiger partial charge is 0.465 e. The van der Waals surface area contributed by atoms with E-state index in [1.165, 1.54) is 4.90 Å². The van der Waals surface area contributed by atoms with E-state index in [2.05, 4.69) is 10.3 Å². The van der Waals surface area contributed by atoms with Gasteiger partial charge in [-0.05, 0) is 43.4 Å². The molecule has 1 unspecified atom stereocenters. The number of aromatic nitrogens is 1. The number of hydrogen-bond acceptors (Lipinski definition) is 4. The van der Waals surface area contributed by atoms with Gasteiger partial charge in [-0.15, -0.1) is 0 Å². The van der Waals surface area contributed by atoms with Crippen LogP contribution in [0, 0.1) is 17.2 Å². The Balaban J connectivity index is 1.63. The van der Waals surface area contributed by atoms with E-state index in [9.17, 15) is 9.59 Å². The molecule has 0 aliphatic carbocycles. The molecule has 0 spiro atoms. The summed E-state index contributed by atoms with van der Waals surface area (Å²) in [6.45, 7) is 1.06. The van der Waals surface area contributed by atoms with Crippen LogP contribution in [0.2, 0.25) is 0 Å². The Kier molecular flexibility index (Phi) is 5.32. The Hall–Kier alpha value is -3.14. The molecule has 1 aromatic carbocycles. The topological polar surface area (TPSA) is 106 Å². The molecule has 2 amide bonds. The zero-order valence-corrected chi connectivity index (χ0v) is 14.3. The summed E-state index contributed by atoms with van der Waals surface area (Å²) in [7, 11) is 0. The second kappa shape index (κ2) is 7.83. The lowest BCUT2D eigenvalue weighted by molar-refractivity contribution is -0.116. The highest BCUT2D eigenvalue weighted by molar-refractivity contribution is 6.00. The number of para-hydroxylation sites is 1. The van der Waals surface area contributed by atoms with Gasteiger partial charge in [0.25, 0.3) is 0 Å². The van der Waals surface area contributed by atoms with Crippen LogP contribution in [0.3, 0.4) is 0 Å². The number of carbonyl (C=O) groups excluding carboxylic acids is 1. The van der Waals surface area contributed by atoms with E-state index >= 15 is 0 Å². The number of anilines is 1. The molecule has 0 bridgehead atoms. The molecule has 1 atom stereocenters. The first-order chi connectivity index (χ1) is 12.6. The Labute approximate surface area is 151 Å². The fourth-order valence-electron chi connectivity index (χ4n) is 3.33. The molecule has 1 aliphatic heterocycles. The highest BCUT2D eigenvalue weighted by Gasteiger charge is 2.23. The van der Waals surface area contributed by atoms with Crippen molar-refractivity contribution in [2.24, 2.45) is 5.92 Å². The highest BCUT2D eigenvalue weighted by atomic mass is 16.4. The van der Waals surface area contributed by atoms with E-state index in [1.807, 2.05) is 18.2 Å². The van der Waals surface area contributed by atoms with Gasteiger partial charge in [-0.1, -0.05) is 12.1 Å². The van der Waals surface area contributed by atoms with Crippen molar-refractivity contribution in [3.63, 3.8) is 0 Å². The SMILES string of the molecule is N#Cc1ccc2cccc(NC(=O)CCC3CCCN(C(=O)O)C3)c2n1. The van der Waals surface area contributed by atoms with E-state index in [0.29, 0.717) is 42.8 Å². The van der Waals surface area contributed by atoms with Crippen molar-refractivity contribution in [1.29, 1.82) is 5.26 Å². The minimum atomic E-state index is -0.894. The van der Waals surface area contributed by atoms with Gasteiger partial charge < -0.3 is 15.3 Å². The van der Waals surface area contributed by atoms with Crippen LogP contribution in [0.4, 0.5) is 10.5 Å². The molecular formula is C19H20N4O3. The zero-order valence-electron chi connectivity index (χ0n) is 14.3. The first kappa shape index (κ1) is 17.7. The number of pyridine rings is 1. The molecule has 1 aromatic heterocycles. The maximum absolute atomic E-state index is 12.3. The number of piperidine rings is 1. The normalized spacial score (nSPS) is 16.9. The average Bonchev–Trinajstić information content (AvgIpc) is 2.66. The molecule has 1 saturated heterocycles. The van der Waals surface area contributed by atoms with E-state index in [-0.39, 0.29) is 11.8 Å². The standard InChI is InChI=1S/C19H20N4O3/c20-11-15-8-7-14-4-1-5-16(18(14)21-15)22-17(24)9-6-13-3-2-10-23(12-13)19(25)26/h1,4-5,7-8,13H,2-3,6,9-10,12H2,(H,22,24)(H,25,26). The maximum Gasteiger partial charge on any atom is 0.407 e. The molecule has 2 heterocycles. The quantitative estimate of drug-likeness (QED) is 0.879. The number of carboxylic acid groups (broad SMARTS) is 1. The summed E-state index contributed by atoms with van der Waals surface area (Å²) in [6, 6.07) is 10.9. The molecule has 1 fully saturated rings. The van der Waals surface area contributed by atoms with Crippen molar-refractivity contribution in [3.05, 3.63) is 36.0 Å². The third-order valence-corrected chi connectivity index (χ3v) is 4.68. The van der Waals surface area contributed by atoms with Crippen molar-refractivity contribution in [3.8, 4) is 6.07 Å². The summed E-state index contributed by atoms with van der Waals surface area (Å²) >= 11 is 0. The van der Waals surface area contributed by atoms with Crippen LogP contribution < -0.4 is 5.32 Å². The van der Waals surface area contributed by atoms with Crippen molar-refractivity contribution in [2.45, 2.75) is 25.7 Å². The molecular weight excluding hydrogens is 332 g/mol. The van der Waals surface area contributed by atoms with Crippen molar-refractivity contribution in [2.75, 3.05) is 18.4 Å². The van der Waals surface area contributed by atoms with Gasteiger partial charge in [0.05, 0.1) is 11.2 Å². The first-order valence-corrected chi connectivity index (χ1v) is 8.64. The Bertz CT molecular complexity index is 875. The van der Waals surface area contributed by atoms with Gasteiger partial charge in [-0.3, -0.25) is 4.79 Å². The number of likely N-dealkylation sites (tertiary alicyclic amines) is 1. The van der Waals surface area contributed by atoms with Crippen molar-refractivity contribution >= 4 is 28.6 Å². The molecule has 2 N–H and O–H groups in total. The Morgan fingerprint density at radius 1 is 1.35 bits per heavy atom. The number of nitriles is 1. The number of nitrogens with zero attached hydrogens (tertiary/aromatic N) is 3. The van der Waals surface area contributed by atoms with Crippen LogP contribution in [-0.2, 0) is 4.79 Å². The van der Waals surface area contributed by atoms with Gasteiger partial charge in [0.1, 0.15) is 11.8 Å². The van der Waals surface area contributed by atoms with Crippen molar-refractivity contribution < 1.29 is 14.7 Å². The summed E-state index contributed by atoms with van der Waals surface area (Å²) in [6.07, 6.45) is 1.86. The Morgan fingerprint density at radius 2 is 2.19 bits per heavy atom. The lowest BCUT2D eigenvalue weighted by Crippen LogP contribution is -2.39. The van der Waals surface area contributed by atoms with E-state index in [1.54, 1.807) is 18.2 Å². The summed E-state index contributed by atoms with van der Waals surface area (Å²) < 4.78 is 0. The number of hydrogen-bond donors (Lipinski definition) is 2. The molecule has 0 radical (unpaired) electrons. The number of nitrogens with one attached hydrogen (secondary N) is 1. The molecule has 26 heavy (non-hydrogen) atoms. The van der Waals surface area contributed by atoms with Crippen LogP contribution >= 0.6 is 0 Å². The second-order valence-electron chi connectivity index (χ2n) is 6.51. The molecule has 7 heteroatoms. The van der Waals surface area contributed by atoms with E-state index in [4.69, 9.17) is 10.4 Å². The summed E-state index contributed by atoms with van der Waals surface area (Å²) in [5.41, 5.74) is 1.48. The molecule has 0 saturated carbocycles. The van der Waals surface area contributed by atoms with E-state index < -0.39 is 6.09 Å². The third-order valence-electron chi connectivity index (χ3n) is 4.68. The second-order valence-corrected chi connectivity index (χ2v) is 6.51. The number of benzene rings is 1. The van der Waals surface area contributed by atoms with Gasteiger partial charge in [-0.2, -0.15) is 5.26 Å². The van der Waals surface area contributed by atoms with E-state index in [0.717, 1.165) is 18.2 Å². The van der Waals surface area contributed by atoms with Gasteiger partial charge in [0, 0.05) is 24.9 Å². The van der Waals surface area contributed by atoms with Gasteiger partial charge in [-0.25, -0.2) is 9.78 Å². The third kappa shape index (κ3) is 4.09. The lowest BCUT2D eigenvalue weighted by atomic mass is 9.93. The zero-order chi connectivity index (χ0) is 18.5. The Morgan fingerprint density at radius 3 is 2.96 bits per heavy atom. The smallest absolute Gasteiger partial charge is 0.407 e. The summed E-state index contributed by atoms with van der Waals surface area (Å²) in [5.74, 6) is 0.0792. The number of carbonyl (C=O) groups is 2. The van der Waals surface area contributed by atoms with Crippen LogP contribution in [0.5, 0.6) is 0 Å². The van der Waals surface area contributed by atoms with Gasteiger partial charge in [0.2, 0.25) is 5.91 Å². The summed E-state index contributed by atoms with van der Waals surface area (Å²) in [4.78, 5) is 29.1. The monoisotopic (exact) mass is 352 g/mol. The fraction of sp³-hybridized carbons (Fsp3) is 0.368. The maximum atomic E-state index is 12.3. The lowest BCUT2D eigenvalue weighted by Gasteiger charge is -2.30. The average molecular weight is 352 g/mol. The predicted molar refractivity (Wildman–Crippen MR) is 96.6 cm³/mol. The minimum absolute atomic E-state index is 0.130. The number of fused-ring (bicyclic) bond motifs is 1. The fourth-order valence-corrected chi connectivity index (χ4v) is 3.33. The number of amides is 2. The molecule has 2 aromatic rings. The van der Waals surface area contributed by atoms with Crippen LogP contribution in [0.1, 0.15) is 31.4 Å². The minimum Gasteiger partial charge on any atom is -0.465 e. The predicted octanol–water partition coefficient (Wildman–Crippen LogP) is 3.22. The first-order valence-electron chi connectivity index (χ1n) is 8.64. The summed E-state index contributed by atoms with van der Waals surface area (Å²) in [5, 5.41) is 21.8.